The first-order valence-electron chi connectivity index (χ1n) is 19.5. The highest BCUT2D eigenvalue weighted by atomic mass is 15.1. The van der Waals surface area contributed by atoms with Crippen LogP contribution in [0.15, 0.2) is 158 Å². The number of para-hydroxylation sites is 2. The lowest BCUT2D eigenvalue weighted by Gasteiger charge is -2.26. The molecule has 4 nitrogen and oxygen atoms in total. The topological polar surface area (TPSA) is 16.3 Å². The fourth-order valence-electron chi connectivity index (χ4n) is 8.25. The van der Waals surface area contributed by atoms with Crippen molar-refractivity contribution in [1.82, 2.24) is 9.13 Å². The molecule has 0 aliphatic carbocycles. The summed E-state index contributed by atoms with van der Waals surface area (Å²) in [6, 6.07) is 57.0. The smallest absolute Gasteiger partial charge is 0.0512 e. The predicted octanol–water partition coefficient (Wildman–Crippen LogP) is 14.2. The summed E-state index contributed by atoms with van der Waals surface area (Å²) in [6.07, 6.45) is 0. The van der Waals surface area contributed by atoms with Gasteiger partial charge in [-0.25, -0.2) is 0 Å². The summed E-state index contributed by atoms with van der Waals surface area (Å²) >= 11 is 0. The molecular weight excluding hydrogens is 681 g/mol. The van der Waals surface area contributed by atoms with E-state index in [0.717, 1.165) is 34.1 Å². The van der Waals surface area contributed by atoms with Gasteiger partial charge in [0.05, 0.1) is 11.4 Å². The van der Waals surface area contributed by atoms with Crippen molar-refractivity contribution in [1.29, 1.82) is 0 Å². The molecule has 0 radical (unpaired) electrons. The Morgan fingerprint density at radius 2 is 0.536 bits per heavy atom. The van der Waals surface area contributed by atoms with Crippen molar-refractivity contribution < 1.29 is 0 Å². The molecule has 2 heterocycles. The molecule has 0 bridgehead atoms. The minimum atomic E-state index is 1.11. The van der Waals surface area contributed by atoms with Crippen LogP contribution < -0.4 is 9.80 Å². The van der Waals surface area contributed by atoms with Crippen LogP contribution in [0.4, 0.5) is 34.1 Å². The molecule has 0 atom stereocenters. The normalized spacial score (nSPS) is 11.2. The van der Waals surface area contributed by atoms with Gasteiger partial charge in [0.15, 0.2) is 0 Å². The second-order valence-electron chi connectivity index (χ2n) is 15.0. The number of benzene rings is 6. The van der Waals surface area contributed by atoms with E-state index in [4.69, 9.17) is 0 Å². The summed E-state index contributed by atoms with van der Waals surface area (Å²) in [4.78, 5) is 4.66. The second-order valence-corrected chi connectivity index (χ2v) is 15.0. The van der Waals surface area contributed by atoms with Crippen LogP contribution in [-0.4, -0.2) is 9.13 Å². The monoisotopic (exact) mass is 730 g/mol. The number of hydrogen-bond acceptors (Lipinski definition) is 2. The highest BCUT2D eigenvalue weighted by Gasteiger charge is 2.18. The van der Waals surface area contributed by atoms with E-state index in [2.05, 4.69) is 232 Å². The molecule has 6 aromatic carbocycles. The van der Waals surface area contributed by atoms with E-state index >= 15 is 0 Å². The van der Waals surface area contributed by atoms with Crippen molar-refractivity contribution in [2.75, 3.05) is 9.80 Å². The Hall–Kier alpha value is -6.52. The molecule has 0 fully saturated rings. The minimum absolute atomic E-state index is 1.11. The van der Waals surface area contributed by atoms with Gasteiger partial charge in [0, 0.05) is 59.6 Å². The first-order chi connectivity index (χ1) is 27.1. The third-order valence-electron chi connectivity index (χ3n) is 12.0. The van der Waals surface area contributed by atoms with Gasteiger partial charge in [0.25, 0.3) is 0 Å². The van der Waals surface area contributed by atoms with Gasteiger partial charge in [0.2, 0.25) is 0 Å². The second kappa shape index (κ2) is 15.0. The lowest BCUT2D eigenvalue weighted by atomic mass is 10.0. The Balaban J connectivity index is 1.08. The molecule has 2 aromatic heterocycles. The predicted molar refractivity (Wildman–Crippen MR) is 238 cm³/mol. The van der Waals surface area contributed by atoms with Gasteiger partial charge in [0.1, 0.15) is 0 Å². The molecule has 0 spiro atoms. The van der Waals surface area contributed by atoms with Crippen LogP contribution in [0.2, 0.25) is 0 Å². The fraction of sp³-hybridized carbons (Fsp3) is 0.154. The summed E-state index contributed by atoms with van der Waals surface area (Å²) in [5.74, 6) is 0. The summed E-state index contributed by atoms with van der Waals surface area (Å²) in [7, 11) is 4.32. The maximum absolute atomic E-state index is 2.33. The van der Waals surface area contributed by atoms with E-state index in [1.807, 2.05) is 0 Å². The molecule has 8 aromatic rings. The van der Waals surface area contributed by atoms with Gasteiger partial charge in [-0.3, -0.25) is 0 Å². The van der Waals surface area contributed by atoms with E-state index in [1.54, 1.807) is 0 Å². The lowest BCUT2D eigenvalue weighted by Crippen LogP contribution is -2.10. The van der Waals surface area contributed by atoms with Crippen molar-refractivity contribution in [3.8, 4) is 33.6 Å². The molecule has 0 unspecified atom stereocenters. The number of rotatable bonds is 9. The number of anilines is 6. The maximum Gasteiger partial charge on any atom is 0.0512 e. The molecule has 0 aliphatic heterocycles. The van der Waals surface area contributed by atoms with Crippen molar-refractivity contribution >= 4 is 34.1 Å². The van der Waals surface area contributed by atoms with Crippen LogP contribution in [0, 0.1) is 41.5 Å². The first kappa shape index (κ1) is 36.5. The minimum Gasteiger partial charge on any atom is -0.347 e. The summed E-state index contributed by atoms with van der Waals surface area (Å²) in [5.41, 5.74) is 22.1. The molecule has 0 saturated heterocycles. The number of aromatic nitrogens is 2. The molecular formula is C52H50N4. The lowest BCUT2D eigenvalue weighted by molar-refractivity contribution is 0.884. The largest absolute Gasteiger partial charge is 0.347 e. The average molecular weight is 731 g/mol. The third kappa shape index (κ3) is 6.51. The van der Waals surface area contributed by atoms with Gasteiger partial charge < -0.3 is 18.9 Å². The standard InChI is InChI=1S/C52H50N4/c1-35-37(3)51(53(7)39(35)5)43-23-31-49(32-24-43)55(45-15-11-9-12-16-45)47-27-19-41(20-28-47)42-21-29-48(30-22-42)56(46-17-13-10-14-18-46)50-33-25-44(26-34-50)52-38(4)36(2)40(6)54(52)8/h9-34H,1-8H3. The van der Waals surface area contributed by atoms with E-state index in [-0.39, 0.29) is 0 Å². The Morgan fingerprint density at radius 3 is 0.786 bits per heavy atom. The third-order valence-corrected chi connectivity index (χ3v) is 12.0. The molecule has 0 N–H and O–H groups in total. The Morgan fingerprint density at radius 1 is 0.286 bits per heavy atom. The first-order valence-corrected chi connectivity index (χ1v) is 19.5. The maximum atomic E-state index is 2.33. The zero-order chi connectivity index (χ0) is 39.1. The SMILES string of the molecule is Cc1c(C)c(-c2ccc(N(c3ccccc3)c3ccc(-c4ccc(N(c5ccccc5)c5ccc(-c6c(C)c(C)c(C)n6C)cc5)cc4)cc3)cc2)n(C)c1C. The van der Waals surface area contributed by atoms with Crippen LogP contribution in [0.5, 0.6) is 0 Å². The molecule has 0 saturated carbocycles. The highest BCUT2D eigenvalue weighted by Crippen LogP contribution is 2.40. The average Bonchev–Trinajstić information content (AvgIpc) is 3.56. The van der Waals surface area contributed by atoms with Crippen LogP contribution in [0.1, 0.15) is 33.6 Å². The Bertz CT molecular complexity index is 2370. The molecule has 8 rings (SSSR count). The summed E-state index contributed by atoms with van der Waals surface area (Å²) in [5, 5.41) is 0. The van der Waals surface area contributed by atoms with Crippen molar-refractivity contribution in [2.45, 2.75) is 41.5 Å². The Labute approximate surface area is 332 Å². The van der Waals surface area contributed by atoms with Gasteiger partial charge in [-0.1, -0.05) is 84.9 Å². The van der Waals surface area contributed by atoms with E-state index in [1.165, 1.54) is 67.3 Å². The van der Waals surface area contributed by atoms with Gasteiger partial charge in [-0.2, -0.15) is 0 Å². The zero-order valence-corrected chi connectivity index (χ0v) is 33.8. The summed E-state index contributed by atoms with van der Waals surface area (Å²) < 4.78 is 4.62. The number of nitrogens with zero attached hydrogens (tertiary/aromatic N) is 4. The quantitative estimate of drug-likeness (QED) is 0.147. The molecule has 278 valence electrons. The van der Waals surface area contributed by atoms with Gasteiger partial charge in [-0.05, 0) is 159 Å². The van der Waals surface area contributed by atoms with Crippen molar-refractivity contribution in [3.63, 3.8) is 0 Å². The van der Waals surface area contributed by atoms with Crippen molar-refractivity contribution in [2.24, 2.45) is 14.1 Å². The molecule has 0 aliphatic rings. The zero-order valence-electron chi connectivity index (χ0n) is 33.8. The summed E-state index contributed by atoms with van der Waals surface area (Å²) in [6.45, 7) is 13.3. The van der Waals surface area contributed by atoms with Crippen LogP contribution in [0.25, 0.3) is 33.6 Å². The Kier molecular flexibility index (Phi) is 9.74. The van der Waals surface area contributed by atoms with Crippen LogP contribution in [0.3, 0.4) is 0 Å². The van der Waals surface area contributed by atoms with E-state index in [9.17, 15) is 0 Å². The number of hydrogen-bond donors (Lipinski definition) is 0. The molecule has 0 amide bonds. The van der Waals surface area contributed by atoms with Crippen molar-refractivity contribution in [3.05, 3.63) is 191 Å². The van der Waals surface area contributed by atoms with Gasteiger partial charge >= 0.3 is 0 Å². The van der Waals surface area contributed by atoms with Crippen LogP contribution in [-0.2, 0) is 14.1 Å². The van der Waals surface area contributed by atoms with Crippen LogP contribution >= 0.6 is 0 Å². The molecule has 4 heteroatoms. The van der Waals surface area contributed by atoms with Gasteiger partial charge in [-0.15, -0.1) is 0 Å². The highest BCUT2D eigenvalue weighted by molar-refractivity contribution is 5.82. The van der Waals surface area contributed by atoms with E-state index in [0.29, 0.717) is 0 Å². The molecule has 56 heavy (non-hydrogen) atoms. The van der Waals surface area contributed by atoms with E-state index < -0.39 is 0 Å². The fourth-order valence-corrected chi connectivity index (χ4v) is 8.25.